The topological polar surface area (TPSA) is 46.5 Å². The van der Waals surface area contributed by atoms with E-state index in [2.05, 4.69) is 15.9 Å². The fraction of sp³-hybridized carbons (Fsp3) is 0.0714. The Morgan fingerprint density at radius 1 is 1.26 bits per heavy atom. The fourth-order valence-corrected chi connectivity index (χ4v) is 2.11. The van der Waals surface area contributed by atoms with Crippen molar-refractivity contribution >= 4 is 33.5 Å². The van der Waals surface area contributed by atoms with Crippen LogP contribution in [0.4, 0.5) is 0 Å². The lowest BCUT2D eigenvalue weighted by molar-refractivity contribution is 0.0696. The van der Waals surface area contributed by atoms with Gasteiger partial charge in [0, 0.05) is 5.02 Å². The summed E-state index contributed by atoms with van der Waals surface area (Å²) in [5, 5.41) is 9.57. The van der Waals surface area contributed by atoms with Gasteiger partial charge in [-0.25, -0.2) is 4.79 Å². The fourth-order valence-electron chi connectivity index (χ4n) is 1.53. The van der Waals surface area contributed by atoms with Gasteiger partial charge in [-0.1, -0.05) is 23.7 Å². The zero-order valence-electron chi connectivity index (χ0n) is 9.77. The maximum absolute atomic E-state index is 10.9. The van der Waals surface area contributed by atoms with Crippen LogP contribution in [0.1, 0.15) is 15.9 Å². The van der Waals surface area contributed by atoms with Crippen LogP contribution >= 0.6 is 27.5 Å². The van der Waals surface area contributed by atoms with E-state index in [0.717, 1.165) is 5.56 Å². The van der Waals surface area contributed by atoms with Crippen LogP contribution in [-0.4, -0.2) is 11.1 Å². The summed E-state index contributed by atoms with van der Waals surface area (Å²) < 4.78 is 6.31. The minimum atomic E-state index is -0.986. The van der Waals surface area contributed by atoms with E-state index >= 15 is 0 Å². The highest BCUT2D eigenvalue weighted by Crippen LogP contribution is 2.27. The van der Waals surface area contributed by atoms with Crippen molar-refractivity contribution < 1.29 is 14.6 Å². The number of rotatable bonds is 4. The first-order valence-corrected chi connectivity index (χ1v) is 6.63. The standard InChI is InChI=1S/C14H10BrClO3/c15-12-5-4-10(14(17)18)7-13(12)19-8-9-2-1-3-11(16)6-9/h1-7H,8H2,(H,17,18). The van der Waals surface area contributed by atoms with Crippen LogP contribution in [0.5, 0.6) is 5.75 Å². The van der Waals surface area contributed by atoms with Gasteiger partial charge in [0.25, 0.3) is 0 Å². The molecule has 3 nitrogen and oxygen atoms in total. The van der Waals surface area contributed by atoms with E-state index in [1.807, 2.05) is 12.1 Å². The molecule has 2 rings (SSSR count). The average molecular weight is 342 g/mol. The van der Waals surface area contributed by atoms with Crippen molar-refractivity contribution in [3.63, 3.8) is 0 Å². The van der Waals surface area contributed by atoms with E-state index in [9.17, 15) is 4.79 Å². The van der Waals surface area contributed by atoms with Gasteiger partial charge in [0.05, 0.1) is 10.0 Å². The van der Waals surface area contributed by atoms with Crippen LogP contribution < -0.4 is 4.74 Å². The highest BCUT2D eigenvalue weighted by Gasteiger charge is 2.08. The Labute approximate surface area is 123 Å². The Kier molecular flexibility index (Phi) is 4.45. The highest BCUT2D eigenvalue weighted by atomic mass is 79.9. The molecule has 0 fully saturated rings. The normalized spacial score (nSPS) is 10.2. The first kappa shape index (κ1) is 13.9. The van der Waals surface area contributed by atoms with Crippen molar-refractivity contribution in [3.8, 4) is 5.75 Å². The molecule has 0 saturated heterocycles. The Bertz CT molecular complexity index is 613. The van der Waals surface area contributed by atoms with Crippen molar-refractivity contribution in [3.05, 3.63) is 63.1 Å². The number of carboxylic acids is 1. The van der Waals surface area contributed by atoms with Gasteiger partial charge in [-0.05, 0) is 51.8 Å². The molecule has 0 heterocycles. The van der Waals surface area contributed by atoms with E-state index in [0.29, 0.717) is 21.9 Å². The van der Waals surface area contributed by atoms with Gasteiger partial charge in [-0.15, -0.1) is 0 Å². The molecule has 0 amide bonds. The molecule has 2 aromatic carbocycles. The summed E-state index contributed by atoms with van der Waals surface area (Å²) in [6.07, 6.45) is 0. The van der Waals surface area contributed by atoms with Gasteiger partial charge in [0.1, 0.15) is 12.4 Å². The molecule has 0 aliphatic carbocycles. The van der Waals surface area contributed by atoms with Gasteiger partial charge >= 0.3 is 5.97 Å². The quantitative estimate of drug-likeness (QED) is 0.897. The SMILES string of the molecule is O=C(O)c1ccc(Br)c(OCc2cccc(Cl)c2)c1. The molecule has 0 radical (unpaired) electrons. The molecule has 5 heteroatoms. The summed E-state index contributed by atoms with van der Waals surface area (Å²) in [7, 11) is 0. The van der Waals surface area contributed by atoms with E-state index in [1.54, 1.807) is 18.2 Å². The molecule has 0 aliphatic heterocycles. The van der Waals surface area contributed by atoms with Crippen LogP contribution in [0.15, 0.2) is 46.9 Å². The van der Waals surface area contributed by atoms with E-state index in [1.165, 1.54) is 12.1 Å². The first-order valence-electron chi connectivity index (χ1n) is 5.46. The number of hydrogen-bond donors (Lipinski definition) is 1. The summed E-state index contributed by atoms with van der Waals surface area (Å²) in [5.41, 5.74) is 1.10. The van der Waals surface area contributed by atoms with Crippen molar-refractivity contribution in [1.29, 1.82) is 0 Å². The van der Waals surface area contributed by atoms with Crippen LogP contribution in [0.25, 0.3) is 0 Å². The third-order valence-electron chi connectivity index (χ3n) is 2.46. The summed E-state index contributed by atoms with van der Waals surface area (Å²) in [4.78, 5) is 10.9. The first-order chi connectivity index (χ1) is 9.06. The van der Waals surface area contributed by atoms with E-state index in [-0.39, 0.29) is 5.56 Å². The summed E-state index contributed by atoms with van der Waals surface area (Å²) in [6, 6.07) is 12.0. The Morgan fingerprint density at radius 3 is 2.74 bits per heavy atom. The molecule has 0 aliphatic rings. The average Bonchev–Trinajstić information content (AvgIpc) is 2.37. The molecule has 0 bridgehead atoms. The molecular formula is C14H10BrClO3. The lowest BCUT2D eigenvalue weighted by atomic mass is 10.2. The van der Waals surface area contributed by atoms with E-state index < -0.39 is 5.97 Å². The largest absolute Gasteiger partial charge is 0.488 e. The van der Waals surface area contributed by atoms with Crippen molar-refractivity contribution in [2.24, 2.45) is 0 Å². The molecule has 0 aromatic heterocycles. The zero-order valence-corrected chi connectivity index (χ0v) is 12.1. The summed E-state index contributed by atoms with van der Waals surface area (Å²) in [5.74, 6) is -0.500. The molecule has 0 unspecified atom stereocenters. The third-order valence-corrected chi connectivity index (χ3v) is 3.35. The van der Waals surface area contributed by atoms with Gasteiger partial charge < -0.3 is 9.84 Å². The molecule has 1 N–H and O–H groups in total. The van der Waals surface area contributed by atoms with Crippen LogP contribution in [0.3, 0.4) is 0 Å². The molecule has 0 atom stereocenters. The zero-order chi connectivity index (χ0) is 13.8. The number of aromatic carboxylic acids is 1. The second-order valence-corrected chi connectivity index (χ2v) is 5.16. The Morgan fingerprint density at radius 2 is 2.05 bits per heavy atom. The summed E-state index contributed by atoms with van der Waals surface area (Å²) in [6.45, 7) is 0.322. The maximum Gasteiger partial charge on any atom is 0.335 e. The number of halogens is 2. The molecule has 0 saturated carbocycles. The lowest BCUT2D eigenvalue weighted by Crippen LogP contribution is -2.00. The van der Waals surface area contributed by atoms with Gasteiger partial charge in [0.15, 0.2) is 0 Å². The molecule has 19 heavy (non-hydrogen) atoms. The Hall–Kier alpha value is -1.52. The maximum atomic E-state index is 10.9. The molecule has 2 aromatic rings. The number of carboxylic acid groups (broad SMARTS) is 1. The molecular weight excluding hydrogens is 332 g/mol. The van der Waals surface area contributed by atoms with Crippen molar-refractivity contribution in [2.45, 2.75) is 6.61 Å². The monoisotopic (exact) mass is 340 g/mol. The predicted octanol–water partition coefficient (Wildman–Crippen LogP) is 4.38. The van der Waals surface area contributed by atoms with Crippen LogP contribution in [0, 0.1) is 0 Å². The van der Waals surface area contributed by atoms with Gasteiger partial charge in [-0.3, -0.25) is 0 Å². The number of ether oxygens (including phenoxy) is 1. The second-order valence-electron chi connectivity index (χ2n) is 3.87. The van der Waals surface area contributed by atoms with Crippen molar-refractivity contribution in [1.82, 2.24) is 0 Å². The van der Waals surface area contributed by atoms with Crippen molar-refractivity contribution in [2.75, 3.05) is 0 Å². The highest BCUT2D eigenvalue weighted by molar-refractivity contribution is 9.10. The number of benzene rings is 2. The minimum absolute atomic E-state index is 0.185. The molecule has 98 valence electrons. The number of carbonyl (C=O) groups is 1. The van der Waals surface area contributed by atoms with Gasteiger partial charge in [0.2, 0.25) is 0 Å². The van der Waals surface area contributed by atoms with E-state index in [4.69, 9.17) is 21.4 Å². The predicted molar refractivity (Wildman–Crippen MR) is 76.9 cm³/mol. The van der Waals surface area contributed by atoms with Crippen LogP contribution in [0.2, 0.25) is 5.02 Å². The van der Waals surface area contributed by atoms with Gasteiger partial charge in [-0.2, -0.15) is 0 Å². The number of hydrogen-bond acceptors (Lipinski definition) is 2. The molecule has 0 spiro atoms. The third kappa shape index (κ3) is 3.72. The minimum Gasteiger partial charge on any atom is -0.488 e. The Balaban J connectivity index is 2.15. The summed E-state index contributed by atoms with van der Waals surface area (Å²) >= 11 is 9.21. The lowest BCUT2D eigenvalue weighted by Gasteiger charge is -2.09. The smallest absolute Gasteiger partial charge is 0.335 e. The second kappa shape index (κ2) is 6.08. The van der Waals surface area contributed by atoms with Crippen LogP contribution in [-0.2, 0) is 6.61 Å².